The predicted octanol–water partition coefficient (Wildman–Crippen LogP) is 0.926. The van der Waals surface area contributed by atoms with Crippen LogP contribution in [-0.4, -0.2) is 18.0 Å². The van der Waals surface area contributed by atoms with Crippen LogP contribution in [0.1, 0.15) is 19.3 Å². The Morgan fingerprint density at radius 1 is 1.60 bits per heavy atom. The minimum Gasteiger partial charge on any atom is -0.273 e. The molecule has 4 nitrogen and oxygen atoms in total. The lowest BCUT2D eigenvalue weighted by atomic mass is 9.85. The lowest BCUT2D eigenvalue weighted by Gasteiger charge is -2.24. The van der Waals surface area contributed by atoms with Crippen LogP contribution in [0.2, 0.25) is 0 Å². The van der Waals surface area contributed by atoms with Gasteiger partial charge < -0.3 is 0 Å². The molecule has 1 aliphatic carbocycles. The van der Waals surface area contributed by atoms with E-state index in [4.69, 9.17) is 0 Å². The fraction of sp³-hybridized carbons (Fsp3) is 0.833. The average molecular weight is 142 g/mol. The fourth-order valence-electron chi connectivity index (χ4n) is 0.960. The van der Waals surface area contributed by atoms with Crippen molar-refractivity contribution in [2.45, 2.75) is 19.3 Å². The van der Waals surface area contributed by atoms with E-state index in [9.17, 15) is 9.70 Å². The molecule has 0 atom stereocenters. The molecule has 1 aliphatic rings. The van der Waals surface area contributed by atoms with E-state index >= 15 is 0 Å². The van der Waals surface area contributed by atoms with Crippen molar-refractivity contribution < 1.29 is 4.79 Å². The highest BCUT2D eigenvalue weighted by atomic mass is 16.3. The predicted molar refractivity (Wildman–Crippen MR) is 35.9 cm³/mol. The van der Waals surface area contributed by atoms with Gasteiger partial charge in [-0.2, -0.15) is 5.01 Å². The Kier molecular flexibility index (Phi) is 1.99. The van der Waals surface area contributed by atoms with E-state index in [0.29, 0.717) is 0 Å². The second-order valence-corrected chi connectivity index (χ2v) is 2.57. The number of hydrogen-bond acceptors (Lipinski definition) is 3. The van der Waals surface area contributed by atoms with Crippen LogP contribution in [0.15, 0.2) is 5.29 Å². The topological polar surface area (TPSA) is 49.7 Å². The van der Waals surface area contributed by atoms with Crippen molar-refractivity contribution in [1.82, 2.24) is 5.01 Å². The molecule has 0 aromatic heterocycles. The SMILES string of the molecule is CN(N=O)C(=O)C1CCC1. The van der Waals surface area contributed by atoms with Gasteiger partial charge in [0.1, 0.15) is 0 Å². The summed E-state index contributed by atoms with van der Waals surface area (Å²) in [7, 11) is 1.40. The molecular weight excluding hydrogens is 132 g/mol. The van der Waals surface area contributed by atoms with Crippen molar-refractivity contribution in [1.29, 1.82) is 0 Å². The summed E-state index contributed by atoms with van der Waals surface area (Å²) in [5.74, 6) is -0.0658. The summed E-state index contributed by atoms with van der Waals surface area (Å²) in [6, 6.07) is 0. The van der Waals surface area contributed by atoms with Crippen LogP contribution in [0.4, 0.5) is 0 Å². The van der Waals surface area contributed by atoms with Crippen LogP contribution in [0, 0.1) is 10.8 Å². The van der Waals surface area contributed by atoms with Crippen molar-refractivity contribution in [3.05, 3.63) is 4.91 Å². The summed E-state index contributed by atoms with van der Waals surface area (Å²) in [5.41, 5.74) is 0. The highest BCUT2D eigenvalue weighted by molar-refractivity contribution is 5.78. The van der Waals surface area contributed by atoms with Gasteiger partial charge in [-0.05, 0) is 12.8 Å². The molecule has 0 bridgehead atoms. The first kappa shape index (κ1) is 7.18. The third kappa shape index (κ3) is 1.15. The van der Waals surface area contributed by atoms with E-state index in [1.807, 2.05) is 0 Å². The van der Waals surface area contributed by atoms with E-state index in [0.717, 1.165) is 24.3 Å². The summed E-state index contributed by atoms with van der Waals surface area (Å²) in [4.78, 5) is 20.8. The minimum absolute atomic E-state index is 0.0719. The molecule has 1 amide bonds. The molecule has 4 heteroatoms. The molecule has 0 unspecified atom stereocenters. The summed E-state index contributed by atoms with van der Waals surface area (Å²) in [6.07, 6.45) is 2.93. The standard InChI is InChI=1S/C6H10N2O2/c1-8(7-10)6(9)5-3-2-4-5/h5H,2-4H2,1H3. The Balaban J connectivity index is 2.39. The second-order valence-electron chi connectivity index (χ2n) is 2.57. The van der Waals surface area contributed by atoms with E-state index in [-0.39, 0.29) is 11.8 Å². The smallest absolute Gasteiger partial charge is 0.248 e. The van der Waals surface area contributed by atoms with Crippen LogP contribution in [0.5, 0.6) is 0 Å². The first-order chi connectivity index (χ1) is 4.75. The van der Waals surface area contributed by atoms with Crippen LogP contribution < -0.4 is 0 Å². The molecule has 0 saturated heterocycles. The third-order valence-electron chi connectivity index (χ3n) is 1.90. The maximum atomic E-state index is 11.0. The lowest BCUT2D eigenvalue weighted by Crippen LogP contribution is -2.32. The molecule has 0 N–H and O–H groups in total. The van der Waals surface area contributed by atoms with Gasteiger partial charge in [0.25, 0.3) is 0 Å². The number of amides is 1. The Hall–Kier alpha value is -0.930. The van der Waals surface area contributed by atoms with Gasteiger partial charge in [0.15, 0.2) is 0 Å². The van der Waals surface area contributed by atoms with E-state index in [1.165, 1.54) is 7.05 Å². The number of nitrogens with zero attached hydrogens (tertiary/aromatic N) is 2. The number of carbonyl (C=O) groups is 1. The molecule has 56 valence electrons. The van der Waals surface area contributed by atoms with Gasteiger partial charge in [0.2, 0.25) is 5.91 Å². The number of nitroso groups, excluding NO2 is 1. The van der Waals surface area contributed by atoms with Gasteiger partial charge in [-0.15, -0.1) is 4.91 Å². The Bertz CT molecular complexity index is 154. The molecule has 0 aromatic rings. The molecule has 1 fully saturated rings. The largest absolute Gasteiger partial charge is 0.273 e. The molecule has 0 aliphatic heterocycles. The molecule has 0 spiro atoms. The number of rotatable bonds is 2. The zero-order valence-electron chi connectivity index (χ0n) is 5.91. The maximum Gasteiger partial charge on any atom is 0.248 e. The Labute approximate surface area is 59.1 Å². The summed E-state index contributed by atoms with van der Waals surface area (Å²) in [6.45, 7) is 0. The number of hydrogen-bond donors (Lipinski definition) is 0. The maximum absolute atomic E-state index is 11.0. The lowest BCUT2D eigenvalue weighted by molar-refractivity contribution is -0.136. The van der Waals surface area contributed by atoms with Gasteiger partial charge >= 0.3 is 0 Å². The van der Waals surface area contributed by atoms with Crippen LogP contribution in [-0.2, 0) is 4.79 Å². The van der Waals surface area contributed by atoms with Crippen molar-refractivity contribution in [2.75, 3.05) is 7.05 Å². The zero-order valence-corrected chi connectivity index (χ0v) is 5.91. The van der Waals surface area contributed by atoms with Gasteiger partial charge in [0.05, 0.1) is 5.29 Å². The molecule has 0 heterocycles. The van der Waals surface area contributed by atoms with Gasteiger partial charge in [-0.1, -0.05) is 6.42 Å². The van der Waals surface area contributed by atoms with Crippen LogP contribution in [0.25, 0.3) is 0 Å². The third-order valence-corrected chi connectivity index (χ3v) is 1.90. The summed E-state index contributed by atoms with van der Waals surface area (Å²) < 4.78 is 0. The van der Waals surface area contributed by atoms with E-state index < -0.39 is 0 Å². The molecule has 10 heavy (non-hydrogen) atoms. The van der Waals surface area contributed by atoms with Gasteiger partial charge in [0, 0.05) is 13.0 Å². The van der Waals surface area contributed by atoms with Crippen molar-refractivity contribution in [3.63, 3.8) is 0 Å². The zero-order chi connectivity index (χ0) is 7.56. The Morgan fingerprint density at radius 3 is 2.50 bits per heavy atom. The van der Waals surface area contributed by atoms with Crippen molar-refractivity contribution >= 4 is 5.91 Å². The molecule has 1 saturated carbocycles. The number of carbonyl (C=O) groups excluding carboxylic acids is 1. The van der Waals surface area contributed by atoms with Crippen LogP contribution >= 0.6 is 0 Å². The monoisotopic (exact) mass is 142 g/mol. The quantitative estimate of drug-likeness (QED) is 0.425. The van der Waals surface area contributed by atoms with Crippen molar-refractivity contribution in [3.8, 4) is 0 Å². The summed E-state index contributed by atoms with van der Waals surface area (Å²) in [5, 5.41) is 3.40. The molecule has 1 rings (SSSR count). The second kappa shape index (κ2) is 2.77. The van der Waals surface area contributed by atoms with Crippen LogP contribution in [0.3, 0.4) is 0 Å². The first-order valence-corrected chi connectivity index (χ1v) is 3.36. The minimum atomic E-state index is -0.138. The molecule has 0 aromatic carbocycles. The highest BCUT2D eigenvalue weighted by Gasteiger charge is 2.28. The molecular formula is C6H10N2O2. The first-order valence-electron chi connectivity index (χ1n) is 3.36. The van der Waals surface area contributed by atoms with E-state index in [2.05, 4.69) is 5.29 Å². The fourth-order valence-corrected chi connectivity index (χ4v) is 0.960. The van der Waals surface area contributed by atoms with Gasteiger partial charge in [-0.3, -0.25) is 4.79 Å². The summed E-state index contributed by atoms with van der Waals surface area (Å²) >= 11 is 0. The van der Waals surface area contributed by atoms with E-state index in [1.54, 1.807) is 0 Å². The van der Waals surface area contributed by atoms with Crippen molar-refractivity contribution in [2.24, 2.45) is 11.2 Å². The highest BCUT2D eigenvalue weighted by Crippen LogP contribution is 2.27. The Morgan fingerprint density at radius 2 is 2.20 bits per heavy atom. The average Bonchev–Trinajstić information content (AvgIpc) is 1.82. The van der Waals surface area contributed by atoms with Gasteiger partial charge in [-0.25, -0.2) is 0 Å². The molecule has 0 radical (unpaired) electrons. The normalized spacial score (nSPS) is 17.7.